The lowest BCUT2D eigenvalue weighted by Crippen LogP contribution is -2.14. The predicted octanol–water partition coefficient (Wildman–Crippen LogP) is 5.70. The third kappa shape index (κ3) is 5.11. The zero-order valence-corrected chi connectivity index (χ0v) is 18.9. The summed E-state index contributed by atoms with van der Waals surface area (Å²) >= 11 is 0. The molecule has 0 aliphatic rings. The van der Waals surface area contributed by atoms with Crippen molar-refractivity contribution in [2.75, 3.05) is 17.7 Å². The van der Waals surface area contributed by atoms with Crippen LogP contribution in [0.1, 0.15) is 5.56 Å². The van der Waals surface area contributed by atoms with Crippen LogP contribution in [0, 0.1) is 5.82 Å². The number of rotatable bonds is 7. The van der Waals surface area contributed by atoms with E-state index in [2.05, 4.69) is 25.6 Å². The number of benzene rings is 3. The van der Waals surface area contributed by atoms with Crippen LogP contribution in [0.3, 0.4) is 0 Å². The minimum absolute atomic E-state index is 0.178. The number of nitrogens with one attached hydrogen (secondary N) is 3. The molecule has 7 nitrogen and oxygen atoms in total. The van der Waals surface area contributed by atoms with Gasteiger partial charge in [-0.05, 0) is 71.8 Å². The fourth-order valence-electron chi connectivity index (χ4n) is 3.77. The van der Waals surface area contributed by atoms with Crippen molar-refractivity contribution in [1.82, 2.24) is 15.0 Å². The number of H-pyrrole nitrogens is 1. The first-order valence-corrected chi connectivity index (χ1v) is 11.0. The van der Waals surface area contributed by atoms with Gasteiger partial charge in [-0.2, -0.15) is 0 Å². The highest BCUT2D eigenvalue weighted by molar-refractivity contribution is 5.93. The fourth-order valence-corrected chi connectivity index (χ4v) is 3.77. The van der Waals surface area contributed by atoms with Crippen LogP contribution in [0.4, 0.5) is 21.6 Å². The fraction of sp³-hybridized carbons (Fsp3) is 0.0741. The molecule has 0 saturated heterocycles. The van der Waals surface area contributed by atoms with Gasteiger partial charge < -0.3 is 20.4 Å². The van der Waals surface area contributed by atoms with Crippen LogP contribution in [-0.2, 0) is 11.2 Å². The Hall–Kier alpha value is -4.72. The normalized spacial score (nSPS) is 10.8. The second-order valence-corrected chi connectivity index (χ2v) is 7.95. The Bertz CT molecular complexity index is 1480. The number of methoxy groups -OCH3 is 1. The van der Waals surface area contributed by atoms with Crippen molar-refractivity contribution in [1.29, 1.82) is 0 Å². The van der Waals surface area contributed by atoms with Crippen molar-refractivity contribution in [3.8, 4) is 17.0 Å². The van der Waals surface area contributed by atoms with E-state index in [4.69, 9.17) is 4.74 Å². The number of aromatic amines is 1. The molecule has 0 bridgehead atoms. The Morgan fingerprint density at radius 1 is 0.971 bits per heavy atom. The topological polar surface area (TPSA) is 91.9 Å². The SMILES string of the molecule is COc1ccc(-c2cc3c(Nc4ccc(CC(=O)Nc5cccc(F)c5)cc4)ncnc3[nH]2)cc1. The molecule has 0 spiro atoms. The van der Waals surface area contributed by atoms with Crippen molar-refractivity contribution in [3.63, 3.8) is 0 Å². The molecule has 3 N–H and O–H groups in total. The van der Waals surface area contributed by atoms with Crippen molar-refractivity contribution in [2.24, 2.45) is 0 Å². The smallest absolute Gasteiger partial charge is 0.228 e. The highest BCUT2D eigenvalue weighted by Crippen LogP contribution is 2.29. The van der Waals surface area contributed by atoms with Gasteiger partial charge in [0.05, 0.1) is 18.9 Å². The number of hydrogen-bond donors (Lipinski definition) is 3. The molecule has 0 aliphatic heterocycles. The summed E-state index contributed by atoms with van der Waals surface area (Å²) in [7, 11) is 1.64. The minimum Gasteiger partial charge on any atom is -0.497 e. The summed E-state index contributed by atoms with van der Waals surface area (Å²) in [4.78, 5) is 24.4. The Kier molecular flexibility index (Phi) is 6.09. The van der Waals surface area contributed by atoms with Gasteiger partial charge in [0, 0.05) is 17.1 Å². The lowest BCUT2D eigenvalue weighted by atomic mass is 10.1. The molecule has 5 aromatic rings. The zero-order chi connectivity index (χ0) is 24.2. The second-order valence-electron chi connectivity index (χ2n) is 7.95. The molecule has 3 aromatic carbocycles. The van der Waals surface area contributed by atoms with Crippen LogP contribution < -0.4 is 15.4 Å². The predicted molar refractivity (Wildman–Crippen MR) is 134 cm³/mol. The molecule has 0 aliphatic carbocycles. The summed E-state index contributed by atoms with van der Waals surface area (Å²) in [5, 5.41) is 6.89. The van der Waals surface area contributed by atoms with Gasteiger partial charge in [-0.3, -0.25) is 4.79 Å². The molecule has 0 radical (unpaired) electrons. The first-order chi connectivity index (χ1) is 17.1. The number of amides is 1. The summed E-state index contributed by atoms with van der Waals surface area (Å²) in [6.07, 6.45) is 1.68. The number of carbonyl (C=O) groups excluding carboxylic acids is 1. The number of hydrogen-bond acceptors (Lipinski definition) is 5. The zero-order valence-electron chi connectivity index (χ0n) is 18.9. The Labute approximate surface area is 201 Å². The van der Waals surface area contributed by atoms with Crippen LogP contribution in [0.5, 0.6) is 5.75 Å². The Balaban J connectivity index is 1.29. The molecule has 1 amide bonds. The minimum atomic E-state index is -0.393. The highest BCUT2D eigenvalue weighted by Gasteiger charge is 2.11. The second kappa shape index (κ2) is 9.64. The molecule has 8 heteroatoms. The van der Waals surface area contributed by atoms with E-state index in [-0.39, 0.29) is 12.3 Å². The lowest BCUT2D eigenvalue weighted by molar-refractivity contribution is -0.115. The maximum atomic E-state index is 13.3. The van der Waals surface area contributed by atoms with Crippen molar-refractivity contribution in [3.05, 3.63) is 96.6 Å². The van der Waals surface area contributed by atoms with Crippen LogP contribution in [0.25, 0.3) is 22.3 Å². The molecule has 2 heterocycles. The maximum Gasteiger partial charge on any atom is 0.228 e. The maximum absolute atomic E-state index is 13.3. The molecule has 35 heavy (non-hydrogen) atoms. The largest absolute Gasteiger partial charge is 0.497 e. The third-order valence-electron chi connectivity index (χ3n) is 5.52. The van der Waals surface area contributed by atoms with Crippen LogP contribution in [-0.4, -0.2) is 28.0 Å². The van der Waals surface area contributed by atoms with E-state index in [0.29, 0.717) is 11.5 Å². The van der Waals surface area contributed by atoms with E-state index in [1.165, 1.54) is 18.5 Å². The van der Waals surface area contributed by atoms with E-state index >= 15 is 0 Å². The summed E-state index contributed by atoms with van der Waals surface area (Å²) in [6, 6.07) is 23.1. The number of halogens is 1. The van der Waals surface area contributed by atoms with Crippen molar-refractivity contribution >= 4 is 34.1 Å². The van der Waals surface area contributed by atoms with Gasteiger partial charge in [-0.15, -0.1) is 0 Å². The average Bonchev–Trinajstić information content (AvgIpc) is 3.31. The van der Waals surface area contributed by atoms with E-state index in [0.717, 1.165) is 39.3 Å². The molecular weight excluding hydrogens is 445 g/mol. The van der Waals surface area contributed by atoms with Gasteiger partial charge in [-0.25, -0.2) is 14.4 Å². The Morgan fingerprint density at radius 2 is 1.77 bits per heavy atom. The van der Waals surface area contributed by atoms with Crippen molar-refractivity contribution in [2.45, 2.75) is 6.42 Å². The monoisotopic (exact) mass is 467 g/mol. The van der Waals surface area contributed by atoms with E-state index in [9.17, 15) is 9.18 Å². The molecule has 0 atom stereocenters. The number of ether oxygens (including phenoxy) is 1. The van der Waals surface area contributed by atoms with E-state index < -0.39 is 5.82 Å². The first-order valence-electron chi connectivity index (χ1n) is 11.0. The first kappa shape index (κ1) is 22.1. The molecule has 0 fully saturated rings. The summed E-state index contributed by atoms with van der Waals surface area (Å²) in [5.41, 5.74) is 4.74. The molecule has 0 unspecified atom stereocenters. The van der Waals surface area contributed by atoms with Gasteiger partial charge in [-0.1, -0.05) is 18.2 Å². The number of anilines is 3. The van der Waals surface area contributed by atoms with Gasteiger partial charge in [0.1, 0.15) is 29.4 Å². The van der Waals surface area contributed by atoms with Crippen LogP contribution in [0.15, 0.2) is 85.2 Å². The lowest BCUT2D eigenvalue weighted by Gasteiger charge is -2.08. The van der Waals surface area contributed by atoms with Crippen LogP contribution >= 0.6 is 0 Å². The van der Waals surface area contributed by atoms with E-state index in [1.54, 1.807) is 19.2 Å². The quantitative estimate of drug-likeness (QED) is 0.286. The van der Waals surface area contributed by atoms with E-state index in [1.807, 2.05) is 54.6 Å². The summed E-state index contributed by atoms with van der Waals surface area (Å²) in [6.45, 7) is 0. The molecular formula is C27H22FN5O2. The number of fused-ring (bicyclic) bond motifs is 1. The van der Waals surface area contributed by atoms with Crippen molar-refractivity contribution < 1.29 is 13.9 Å². The summed E-state index contributed by atoms with van der Waals surface area (Å²) < 4.78 is 18.5. The molecule has 0 saturated carbocycles. The van der Waals surface area contributed by atoms with Crippen LogP contribution in [0.2, 0.25) is 0 Å². The van der Waals surface area contributed by atoms with Gasteiger partial charge >= 0.3 is 0 Å². The summed E-state index contributed by atoms with van der Waals surface area (Å²) in [5.74, 6) is 0.854. The molecule has 2 aromatic heterocycles. The van der Waals surface area contributed by atoms with Gasteiger partial charge in [0.25, 0.3) is 0 Å². The number of carbonyl (C=O) groups is 1. The average molecular weight is 468 g/mol. The number of nitrogens with zero attached hydrogens (tertiary/aromatic N) is 2. The third-order valence-corrected chi connectivity index (χ3v) is 5.52. The van der Waals surface area contributed by atoms with Gasteiger partial charge in [0.15, 0.2) is 0 Å². The van der Waals surface area contributed by atoms with Gasteiger partial charge in [0.2, 0.25) is 5.91 Å². The molecule has 5 rings (SSSR count). The molecule has 174 valence electrons. The Morgan fingerprint density at radius 3 is 2.51 bits per heavy atom. The standard InChI is InChI=1S/C27H22FN5O2/c1-35-22-11-7-18(8-12-22)24-15-23-26(29-16-30-27(23)33-24)32-20-9-5-17(6-10-20)13-25(34)31-21-4-2-3-19(28)14-21/h2-12,14-16H,13H2,1H3,(H,31,34)(H2,29,30,32,33). The number of aromatic nitrogens is 3. The highest BCUT2D eigenvalue weighted by atomic mass is 19.1.